The number of carbonyl (C=O) groups is 1. The van der Waals surface area contributed by atoms with Crippen LogP contribution < -0.4 is 11.1 Å². The lowest BCUT2D eigenvalue weighted by Gasteiger charge is -2.28. The molecule has 16 heavy (non-hydrogen) atoms. The van der Waals surface area contributed by atoms with E-state index in [0.29, 0.717) is 13.0 Å². The Morgan fingerprint density at radius 3 is 2.88 bits per heavy atom. The second-order valence-corrected chi connectivity index (χ2v) is 4.75. The summed E-state index contributed by atoms with van der Waals surface area (Å²) in [6, 6.07) is 0.141. The highest BCUT2D eigenvalue weighted by molar-refractivity contribution is 5.79. The van der Waals surface area contributed by atoms with Gasteiger partial charge in [0.05, 0.1) is 12.0 Å². The van der Waals surface area contributed by atoms with Crippen molar-refractivity contribution >= 4 is 5.91 Å². The third-order valence-electron chi connectivity index (χ3n) is 3.29. The van der Waals surface area contributed by atoms with Crippen LogP contribution in [0, 0.1) is 5.92 Å². The van der Waals surface area contributed by atoms with Crippen molar-refractivity contribution < 1.29 is 9.90 Å². The largest absolute Gasteiger partial charge is 0.393 e. The molecule has 3 unspecified atom stereocenters. The van der Waals surface area contributed by atoms with Crippen LogP contribution in [0.2, 0.25) is 0 Å². The summed E-state index contributed by atoms with van der Waals surface area (Å²) in [4.78, 5) is 11.9. The van der Waals surface area contributed by atoms with Crippen LogP contribution in [0.15, 0.2) is 0 Å². The van der Waals surface area contributed by atoms with Crippen LogP contribution in [-0.2, 0) is 4.79 Å². The predicted octanol–water partition coefficient (Wildman–Crippen LogP) is 0.781. The van der Waals surface area contributed by atoms with Crippen LogP contribution in [0.3, 0.4) is 0 Å². The monoisotopic (exact) mass is 228 g/mol. The molecule has 0 bridgehead atoms. The minimum Gasteiger partial charge on any atom is -0.393 e. The van der Waals surface area contributed by atoms with E-state index in [1.807, 2.05) is 0 Å². The molecule has 0 aliphatic heterocycles. The number of carbonyl (C=O) groups excluding carboxylic acids is 1. The van der Waals surface area contributed by atoms with Crippen LogP contribution in [-0.4, -0.2) is 29.7 Å². The van der Waals surface area contributed by atoms with Crippen molar-refractivity contribution in [2.45, 2.75) is 57.6 Å². The molecule has 1 amide bonds. The van der Waals surface area contributed by atoms with Crippen molar-refractivity contribution in [1.29, 1.82) is 0 Å². The highest BCUT2D eigenvalue weighted by Gasteiger charge is 2.24. The maximum Gasteiger partial charge on any atom is 0.224 e. The van der Waals surface area contributed by atoms with Gasteiger partial charge in [0.2, 0.25) is 5.91 Å². The molecule has 1 aliphatic carbocycles. The third-order valence-corrected chi connectivity index (χ3v) is 3.29. The number of rotatable bonds is 5. The molecule has 1 fully saturated rings. The number of nitrogens with two attached hydrogens (primary N) is 1. The zero-order valence-electron chi connectivity index (χ0n) is 10.1. The van der Waals surface area contributed by atoms with Crippen molar-refractivity contribution in [3.8, 4) is 0 Å². The first-order valence-corrected chi connectivity index (χ1v) is 6.35. The molecule has 0 spiro atoms. The normalized spacial score (nSPS) is 27.4. The third kappa shape index (κ3) is 4.10. The van der Waals surface area contributed by atoms with Crippen LogP contribution in [0.1, 0.15) is 45.4 Å². The van der Waals surface area contributed by atoms with Crippen molar-refractivity contribution in [2.75, 3.05) is 6.54 Å². The molecule has 0 aromatic rings. The molecule has 0 radical (unpaired) electrons. The van der Waals surface area contributed by atoms with Gasteiger partial charge in [-0.05, 0) is 32.1 Å². The number of nitrogens with one attached hydrogen (secondary N) is 1. The maximum atomic E-state index is 11.9. The zero-order valence-corrected chi connectivity index (χ0v) is 10.1. The molecule has 3 atom stereocenters. The topological polar surface area (TPSA) is 75.4 Å². The molecule has 1 saturated carbocycles. The van der Waals surface area contributed by atoms with Crippen molar-refractivity contribution in [3.63, 3.8) is 0 Å². The lowest BCUT2D eigenvalue weighted by atomic mass is 9.92. The van der Waals surface area contributed by atoms with E-state index >= 15 is 0 Å². The maximum absolute atomic E-state index is 11.9. The van der Waals surface area contributed by atoms with E-state index in [2.05, 4.69) is 12.2 Å². The summed E-state index contributed by atoms with van der Waals surface area (Å²) in [6.45, 7) is 2.47. The van der Waals surface area contributed by atoms with Crippen LogP contribution >= 0.6 is 0 Å². The Hall–Kier alpha value is -0.610. The predicted molar refractivity (Wildman–Crippen MR) is 63.9 cm³/mol. The smallest absolute Gasteiger partial charge is 0.224 e. The lowest BCUT2D eigenvalue weighted by Crippen LogP contribution is -2.44. The van der Waals surface area contributed by atoms with Crippen LogP contribution in [0.25, 0.3) is 0 Å². The zero-order chi connectivity index (χ0) is 12.0. The molecular formula is C12H24N2O2. The first-order valence-electron chi connectivity index (χ1n) is 6.35. The highest BCUT2D eigenvalue weighted by Crippen LogP contribution is 2.19. The fourth-order valence-corrected chi connectivity index (χ4v) is 2.32. The second kappa shape index (κ2) is 6.86. The minimum atomic E-state index is -0.249. The number of hydrogen-bond donors (Lipinski definition) is 3. The first kappa shape index (κ1) is 13.5. The number of aliphatic hydroxyl groups is 1. The van der Waals surface area contributed by atoms with Gasteiger partial charge in [0.25, 0.3) is 0 Å². The highest BCUT2D eigenvalue weighted by atomic mass is 16.3. The molecule has 0 aromatic carbocycles. The van der Waals surface area contributed by atoms with E-state index in [9.17, 15) is 9.90 Å². The van der Waals surface area contributed by atoms with Gasteiger partial charge < -0.3 is 16.2 Å². The summed E-state index contributed by atoms with van der Waals surface area (Å²) in [6.07, 6.45) is 5.10. The quantitative estimate of drug-likeness (QED) is 0.651. The van der Waals surface area contributed by atoms with Gasteiger partial charge in [0.15, 0.2) is 0 Å². The van der Waals surface area contributed by atoms with Crippen LogP contribution in [0.4, 0.5) is 0 Å². The first-order chi connectivity index (χ1) is 7.67. The van der Waals surface area contributed by atoms with Gasteiger partial charge in [-0.25, -0.2) is 0 Å². The molecule has 4 heteroatoms. The molecule has 0 saturated heterocycles. The van der Waals surface area contributed by atoms with E-state index < -0.39 is 0 Å². The van der Waals surface area contributed by atoms with E-state index in [-0.39, 0.29) is 24.0 Å². The summed E-state index contributed by atoms with van der Waals surface area (Å²) < 4.78 is 0. The lowest BCUT2D eigenvalue weighted by molar-refractivity contribution is -0.126. The van der Waals surface area contributed by atoms with Crippen LogP contribution in [0.5, 0.6) is 0 Å². The standard InChI is InChI=1S/C12H24N2O2/c1-2-4-9(8-13)12(16)14-10-5-3-6-11(15)7-10/h9-11,15H,2-8,13H2,1H3,(H,14,16). The summed E-state index contributed by atoms with van der Waals surface area (Å²) in [5.74, 6) is -0.00693. The molecule has 0 aromatic heterocycles. The average Bonchev–Trinajstić information content (AvgIpc) is 2.25. The Labute approximate surface area is 97.6 Å². The van der Waals surface area contributed by atoms with E-state index in [1.165, 1.54) is 0 Å². The van der Waals surface area contributed by atoms with Gasteiger partial charge in [-0.3, -0.25) is 4.79 Å². The molecule has 94 valence electrons. The van der Waals surface area contributed by atoms with Gasteiger partial charge in [0, 0.05) is 12.6 Å². The summed E-state index contributed by atoms with van der Waals surface area (Å²) >= 11 is 0. The van der Waals surface area contributed by atoms with Crippen molar-refractivity contribution in [1.82, 2.24) is 5.32 Å². The minimum absolute atomic E-state index is 0.0588. The molecule has 0 heterocycles. The van der Waals surface area contributed by atoms with Crippen molar-refractivity contribution in [3.05, 3.63) is 0 Å². The van der Waals surface area contributed by atoms with Gasteiger partial charge in [0.1, 0.15) is 0 Å². The summed E-state index contributed by atoms with van der Waals surface area (Å²) in [7, 11) is 0. The Morgan fingerprint density at radius 1 is 1.56 bits per heavy atom. The fourth-order valence-electron chi connectivity index (χ4n) is 2.32. The molecule has 4 N–H and O–H groups in total. The molecule has 4 nitrogen and oxygen atoms in total. The molecule has 1 aliphatic rings. The summed E-state index contributed by atoms with van der Waals surface area (Å²) in [5.41, 5.74) is 5.58. The Bertz CT molecular complexity index is 221. The van der Waals surface area contributed by atoms with E-state index in [4.69, 9.17) is 5.73 Å². The number of aliphatic hydroxyl groups excluding tert-OH is 1. The summed E-state index contributed by atoms with van der Waals surface area (Å²) in [5, 5.41) is 12.5. The van der Waals surface area contributed by atoms with Gasteiger partial charge in [-0.2, -0.15) is 0 Å². The Kier molecular flexibility index (Phi) is 5.77. The second-order valence-electron chi connectivity index (χ2n) is 4.75. The number of amides is 1. The van der Waals surface area contributed by atoms with E-state index in [0.717, 1.165) is 32.1 Å². The fraction of sp³-hybridized carbons (Fsp3) is 0.917. The average molecular weight is 228 g/mol. The SMILES string of the molecule is CCCC(CN)C(=O)NC1CCCC(O)C1. The van der Waals surface area contributed by atoms with Gasteiger partial charge >= 0.3 is 0 Å². The molecular weight excluding hydrogens is 204 g/mol. The van der Waals surface area contributed by atoms with Gasteiger partial charge in [-0.15, -0.1) is 0 Å². The Morgan fingerprint density at radius 2 is 2.31 bits per heavy atom. The number of hydrogen-bond acceptors (Lipinski definition) is 3. The molecule has 1 rings (SSSR count). The van der Waals surface area contributed by atoms with E-state index in [1.54, 1.807) is 0 Å². The van der Waals surface area contributed by atoms with Gasteiger partial charge in [-0.1, -0.05) is 13.3 Å². The Balaban J connectivity index is 2.36. The van der Waals surface area contributed by atoms with Crippen molar-refractivity contribution in [2.24, 2.45) is 11.7 Å².